The van der Waals surface area contributed by atoms with Gasteiger partial charge in [0.15, 0.2) is 0 Å². The lowest BCUT2D eigenvalue weighted by molar-refractivity contribution is 0.424. The lowest BCUT2D eigenvalue weighted by Gasteiger charge is -2.26. The molecule has 21 heavy (non-hydrogen) atoms. The fraction of sp³-hybridized carbons (Fsp3) is 0.600. The smallest absolute Gasteiger partial charge is 0.149 e. The Bertz CT molecular complexity index is 580. The van der Waals surface area contributed by atoms with Gasteiger partial charge >= 0.3 is 0 Å². The molecular formula is C15H25BrN2O2S. The number of hydrogen-bond donors (Lipinski definition) is 1. The average molecular weight is 377 g/mol. The Morgan fingerprint density at radius 1 is 1.29 bits per heavy atom. The normalized spacial score (nSPS) is 12.5. The van der Waals surface area contributed by atoms with E-state index < -0.39 is 9.84 Å². The van der Waals surface area contributed by atoms with E-state index in [1.165, 1.54) is 6.26 Å². The summed E-state index contributed by atoms with van der Waals surface area (Å²) in [5, 5.41) is 3.47. The number of nitrogens with one attached hydrogen (secondary N) is 1. The Labute approximate surface area is 137 Å². The van der Waals surface area contributed by atoms with Gasteiger partial charge in [-0.05, 0) is 38.5 Å². The van der Waals surface area contributed by atoms with E-state index in [0.29, 0.717) is 6.54 Å². The molecule has 6 heteroatoms. The Morgan fingerprint density at radius 2 is 1.90 bits per heavy atom. The van der Waals surface area contributed by atoms with Crippen molar-refractivity contribution in [2.45, 2.75) is 32.9 Å². The molecule has 1 rings (SSSR count). The van der Waals surface area contributed by atoms with Crippen LogP contribution in [0.1, 0.15) is 26.3 Å². The zero-order chi connectivity index (χ0) is 16.3. The van der Waals surface area contributed by atoms with Crippen LogP contribution in [-0.4, -0.2) is 39.6 Å². The van der Waals surface area contributed by atoms with E-state index in [1.807, 2.05) is 24.1 Å². The van der Waals surface area contributed by atoms with Crippen molar-refractivity contribution in [2.75, 3.05) is 30.5 Å². The van der Waals surface area contributed by atoms with E-state index >= 15 is 0 Å². The number of benzene rings is 1. The molecule has 4 nitrogen and oxygen atoms in total. The number of sulfone groups is 1. The van der Waals surface area contributed by atoms with Crippen LogP contribution in [0, 0.1) is 0 Å². The van der Waals surface area contributed by atoms with Gasteiger partial charge in [0.2, 0.25) is 0 Å². The van der Waals surface area contributed by atoms with E-state index in [0.717, 1.165) is 22.3 Å². The topological polar surface area (TPSA) is 49.4 Å². The van der Waals surface area contributed by atoms with Gasteiger partial charge in [-0.3, -0.25) is 0 Å². The first-order valence-corrected chi connectivity index (χ1v) is 9.75. The molecule has 120 valence electrons. The fourth-order valence-corrected chi connectivity index (χ4v) is 2.78. The molecule has 0 saturated heterocycles. The number of hydrogen-bond acceptors (Lipinski definition) is 4. The SMILES string of the molecule is CN(CCS(C)(=O)=O)c1cc(Br)ccc1CNC(C)(C)C. The number of rotatable bonds is 6. The van der Waals surface area contributed by atoms with Crippen molar-refractivity contribution in [3.8, 4) is 0 Å². The molecule has 0 atom stereocenters. The van der Waals surface area contributed by atoms with E-state index in [9.17, 15) is 8.42 Å². The van der Waals surface area contributed by atoms with E-state index in [-0.39, 0.29) is 11.3 Å². The van der Waals surface area contributed by atoms with Gasteiger partial charge in [0.1, 0.15) is 9.84 Å². The Kier molecular flexibility index (Phi) is 6.25. The van der Waals surface area contributed by atoms with Crippen molar-refractivity contribution < 1.29 is 8.42 Å². The highest BCUT2D eigenvalue weighted by atomic mass is 79.9. The molecule has 1 N–H and O–H groups in total. The molecule has 0 unspecified atom stereocenters. The quantitative estimate of drug-likeness (QED) is 0.828. The lowest BCUT2D eigenvalue weighted by atomic mass is 10.1. The third-order valence-corrected chi connectivity index (χ3v) is 4.48. The van der Waals surface area contributed by atoms with Crippen LogP contribution in [0.15, 0.2) is 22.7 Å². The minimum Gasteiger partial charge on any atom is -0.373 e. The molecule has 0 spiro atoms. The maximum absolute atomic E-state index is 11.3. The number of nitrogens with zero attached hydrogens (tertiary/aromatic N) is 1. The number of halogens is 1. The molecule has 0 heterocycles. The molecule has 0 aliphatic carbocycles. The highest BCUT2D eigenvalue weighted by molar-refractivity contribution is 9.10. The summed E-state index contributed by atoms with van der Waals surface area (Å²) in [4.78, 5) is 1.99. The molecule has 0 aliphatic heterocycles. The van der Waals surface area contributed by atoms with Crippen molar-refractivity contribution in [2.24, 2.45) is 0 Å². The van der Waals surface area contributed by atoms with Crippen molar-refractivity contribution in [3.63, 3.8) is 0 Å². The third-order valence-electron chi connectivity index (χ3n) is 3.07. The second-order valence-corrected chi connectivity index (χ2v) is 9.60. The van der Waals surface area contributed by atoms with Crippen molar-refractivity contribution in [3.05, 3.63) is 28.2 Å². The van der Waals surface area contributed by atoms with Crippen LogP contribution < -0.4 is 10.2 Å². The van der Waals surface area contributed by atoms with Gasteiger partial charge in [0, 0.05) is 42.1 Å². The van der Waals surface area contributed by atoms with E-state index in [1.54, 1.807) is 0 Å². The van der Waals surface area contributed by atoms with E-state index in [4.69, 9.17) is 0 Å². The van der Waals surface area contributed by atoms with Crippen molar-refractivity contribution in [1.29, 1.82) is 0 Å². The van der Waals surface area contributed by atoms with Crippen LogP contribution in [0.3, 0.4) is 0 Å². The minimum atomic E-state index is -2.95. The predicted molar refractivity (Wildman–Crippen MR) is 93.7 cm³/mol. The van der Waals surface area contributed by atoms with Crippen LogP contribution in [-0.2, 0) is 16.4 Å². The minimum absolute atomic E-state index is 0.0374. The monoisotopic (exact) mass is 376 g/mol. The maximum Gasteiger partial charge on any atom is 0.149 e. The zero-order valence-corrected chi connectivity index (χ0v) is 15.8. The Hall–Kier alpha value is -0.590. The summed E-state index contributed by atoms with van der Waals surface area (Å²) in [7, 11) is -1.03. The molecule has 0 fully saturated rings. The Morgan fingerprint density at radius 3 is 2.43 bits per heavy atom. The lowest BCUT2D eigenvalue weighted by Crippen LogP contribution is -2.35. The average Bonchev–Trinajstić information content (AvgIpc) is 2.32. The highest BCUT2D eigenvalue weighted by Crippen LogP contribution is 2.25. The molecule has 1 aromatic rings. The second kappa shape index (κ2) is 7.11. The van der Waals surface area contributed by atoms with Gasteiger partial charge in [-0.2, -0.15) is 0 Å². The molecular weight excluding hydrogens is 352 g/mol. The Balaban J connectivity index is 2.90. The van der Waals surface area contributed by atoms with Gasteiger partial charge in [0.05, 0.1) is 5.75 Å². The zero-order valence-electron chi connectivity index (χ0n) is 13.4. The molecule has 1 aromatic carbocycles. The summed E-state index contributed by atoms with van der Waals surface area (Å²) in [5.41, 5.74) is 2.24. The summed E-state index contributed by atoms with van der Waals surface area (Å²) in [6.07, 6.45) is 1.27. The molecule has 0 amide bonds. The first-order valence-electron chi connectivity index (χ1n) is 6.90. The van der Waals surface area contributed by atoms with Gasteiger partial charge in [-0.25, -0.2) is 8.42 Å². The predicted octanol–water partition coefficient (Wildman–Crippen LogP) is 2.82. The van der Waals surface area contributed by atoms with Crippen LogP contribution in [0.2, 0.25) is 0 Å². The summed E-state index contributed by atoms with van der Waals surface area (Å²) >= 11 is 3.48. The van der Waals surface area contributed by atoms with Crippen LogP contribution in [0.5, 0.6) is 0 Å². The van der Waals surface area contributed by atoms with Crippen LogP contribution in [0.25, 0.3) is 0 Å². The van der Waals surface area contributed by atoms with Crippen LogP contribution >= 0.6 is 15.9 Å². The fourth-order valence-electron chi connectivity index (χ4n) is 1.83. The molecule has 0 saturated carbocycles. The highest BCUT2D eigenvalue weighted by Gasteiger charge is 2.14. The summed E-state index contributed by atoms with van der Waals surface area (Å²) in [6.45, 7) is 7.60. The molecule has 0 radical (unpaired) electrons. The van der Waals surface area contributed by atoms with Crippen molar-refractivity contribution in [1.82, 2.24) is 5.32 Å². The molecule has 0 bridgehead atoms. The second-order valence-electron chi connectivity index (χ2n) is 6.43. The third kappa shape index (κ3) is 7.29. The van der Waals surface area contributed by atoms with Gasteiger partial charge < -0.3 is 10.2 Å². The van der Waals surface area contributed by atoms with Gasteiger partial charge in [-0.15, -0.1) is 0 Å². The van der Waals surface area contributed by atoms with Crippen LogP contribution in [0.4, 0.5) is 5.69 Å². The largest absolute Gasteiger partial charge is 0.373 e. The maximum atomic E-state index is 11.3. The van der Waals surface area contributed by atoms with Gasteiger partial charge in [-0.1, -0.05) is 22.0 Å². The summed E-state index contributed by atoms with van der Waals surface area (Å²) < 4.78 is 23.6. The summed E-state index contributed by atoms with van der Waals surface area (Å²) in [6, 6.07) is 6.10. The first kappa shape index (κ1) is 18.5. The number of anilines is 1. The first-order chi connectivity index (χ1) is 9.48. The molecule has 0 aromatic heterocycles. The standard InChI is InChI=1S/C15H25BrN2O2S/c1-15(2,3)17-11-12-6-7-13(16)10-14(12)18(4)8-9-21(5,19)20/h6-7,10,17H,8-9,11H2,1-5H3. The summed E-state index contributed by atoms with van der Waals surface area (Å²) in [5.74, 6) is 0.155. The molecule has 0 aliphatic rings. The van der Waals surface area contributed by atoms with Crippen molar-refractivity contribution >= 4 is 31.5 Å². The van der Waals surface area contributed by atoms with E-state index in [2.05, 4.69) is 48.1 Å². The van der Waals surface area contributed by atoms with Gasteiger partial charge in [0.25, 0.3) is 0 Å².